The first-order chi connectivity index (χ1) is 12.2. The molecule has 6 nitrogen and oxygen atoms in total. The molecule has 6 heteroatoms. The van der Waals surface area contributed by atoms with Gasteiger partial charge in [-0.15, -0.1) is 10.2 Å². The first-order valence-corrected chi connectivity index (χ1v) is 7.76. The molecule has 0 aliphatic rings. The zero-order chi connectivity index (χ0) is 17.2. The highest BCUT2D eigenvalue weighted by Gasteiger charge is 2.15. The lowest BCUT2D eigenvalue weighted by atomic mass is 10.1. The molecular formula is C19H14N4O2. The van der Waals surface area contributed by atoms with Crippen molar-refractivity contribution >= 4 is 22.9 Å². The molecule has 0 N–H and O–H groups in total. The van der Waals surface area contributed by atoms with Gasteiger partial charge in [0.25, 0.3) is 0 Å². The number of ketones is 1. The van der Waals surface area contributed by atoms with Crippen molar-refractivity contribution in [2.75, 3.05) is 0 Å². The number of fused-ring (bicyclic) bond motifs is 1. The van der Waals surface area contributed by atoms with Gasteiger partial charge in [-0.05, 0) is 43.3 Å². The van der Waals surface area contributed by atoms with Gasteiger partial charge in [-0.2, -0.15) is 0 Å². The van der Waals surface area contributed by atoms with Gasteiger partial charge in [0.15, 0.2) is 23.1 Å². The molecule has 3 heterocycles. The van der Waals surface area contributed by atoms with E-state index in [-0.39, 0.29) is 5.78 Å². The number of Topliss-reactive ketones (excluding diaryl/α,β-unsaturated/α-hetero) is 1. The average Bonchev–Trinajstić information content (AvgIpc) is 3.27. The molecular weight excluding hydrogens is 316 g/mol. The van der Waals surface area contributed by atoms with Crippen molar-refractivity contribution in [3.05, 3.63) is 72.6 Å². The van der Waals surface area contributed by atoms with E-state index in [0.29, 0.717) is 28.5 Å². The summed E-state index contributed by atoms with van der Waals surface area (Å²) in [6, 6.07) is 16.4. The predicted octanol–water partition coefficient (Wildman–Crippen LogP) is 5.21. The number of aromatic nitrogens is 2. The Balaban J connectivity index is 1.82. The third-order valence-electron chi connectivity index (χ3n) is 3.77. The molecule has 0 saturated heterocycles. The van der Waals surface area contributed by atoms with E-state index in [4.69, 9.17) is 4.42 Å². The number of carbonyl (C=O) groups is 1. The third-order valence-corrected chi connectivity index (χ3v) is 3.77. The van der Waals surface area contributed by atoms with Crippen LogP contribution in [0.25, 0.3) is 17.1 Å². The van der Waals surface area contributed by atoms with Crippen molar-refractivity contribution in [1.29, 1.82) is 0 Å². The second kappa shape index (κ2) is 6.16. The van der Waals surface area contributed by atoms with E-state index in [1.54, 1.807) is 36.6 Å². The smallest absolute Gasteiger partial charge is 0.190 e. The SMILES string of the molecule is CC(=O)c1cccc(N=Nc2c(-c3ccco3)nc3ccccn23)c1. The fourth-order valence-corrected chi connectivity index (χ4v) is 2.55. The number of furan rings is 1. The maximum atomic E-state index is 11.5. The van der Waals surface area contributed by atoms with Crippen molar-refractivity contribution in [3.8, 4) is 11.5 Å². The molecule has 0 unspecified atom stereocenters. The molecule has 1 aromatic carbocycles. The van der Waals surface area contributed by atoms with Gasteiger partial charge in [0.05, 0.1) is 12.0 Å². The summed E-state index contributed by atoms with van der Waals surface area (Å²) in [5, 5.41) is 8.66. The van der Waals surface area contributed by atoms with Crippen LogP contribution in [-0.4, -0.2) is 15.2 Å². The van der Waals surface area contributed by atoms with Gasteiger partial charge in [-0.3, -0.25) is 9.20 Å². The molecule has 0 aliphatic carbocycles. The van der Waals surface area contributed by atoms with Crippen LogP contribution in [0.2, 0.25) is 0 Å². The van der Waals surface area contributed by atoms with Crippen LogP contribution >= 0.6 is 0 Å². The van der Waals surface area contributed by atoms with E-state index in [1.165, 1.54) is 6.92 Å². The fourth-order valence-electron chi connectivity index (χ4n) is 2.55. The Kier molecular flexibility index (Phi) is 3.70. The maximum absolute atomic E-state index is 11.5. The lowest BCUT2D eigenvalue weighted by molar-refractivity contribution is 0.101. The van der Waals surface area contributed by atoms with Crippen LogP contribution < -0.4 is 0 Å². The topological polar surface area (TPSA) is 72.2 Å². The Bertz CT molecular complexity index is 1080. The Morgan fingerprint density at radius 1 is 1.08 bits per heavy atom. The Hall–Kier alpha value is -3.54. The first-order valence-electron chi connectivity index (χ1n) is 7.76. The third kappa shape index (κ3) is 2.85. The van der Waals surface area contributed by atoms with E-state index in [2.05, 4.69) is 15.2 Å². The minimum atomic E-state index is -0.0110. The molecule has 0 radical (unpaired) electrons. The van der Waals surface area contributed by atoms with Gasteiger partial charge in [0.2, 0.25) is 0 Å². The van der Waals surface area contributed by atoms with Crippen molar-refractivity contribution in [2.24, 2.45) is 10.2 Å². The summed E-state index contributed by atoms with van der Waals surface area (Å²) >= 11 is 0. The number of carbonyl (C=O) groups excluding carboxylic acids is 1. The van der Waals surface area contributed by atoms with E-state index in [0.717, 1.165) is 5.65 Å². The first kappa shape index (κ1) is 15.0. The van der Waals surface area contributed by atoms with Gasteiger partial charge >= 0.3 is 0 Å². The quantitative estimate of drug-likeness (QED) is 0.381. The molecule has 0 bridgehead atoms. The highest BCUT2D eigenvalue weighted by atomic mass is 16.3. The number of azo groups is 1. The number of nitrogens with zero attached hydrogens (tertiary/aromatic N) is 4. The van der Waals surface area contributed by atoms with Gasteiger partial charge in [-0.1, -0.05) is 18.2 Å². The second-order valence-electron chi connectivity index (χ2n) is 5.50. The zero-order valence-electron chi connectivity index (χ0n) is 13.5. The normalized spacial score (nSPS) is 11.4. The number of rotatable bonds is 4. The molecule has 25 heavy (non-hydrogen) atoms. The molecule has 0 saturated carbocycles. The highest BCUT2D eigenvalue weighted by Crippen LogP contribution is 2.32. The van der Waals surface area contributed by atoms with Crippen LogP contribution in [-0.2, 0) is 0 Å². The summed E-state index contributed by atoms with van der Waals surface area (Å²) in [5.74, 6) is 1.18. The lowest BCUT2D eigenvalue weighted by Crippen LogP contribution is -1.89. The monoisotopic (exact) mass is 330 g/mol. The Morgan fingerprint density at radius 2 is 2.00 bits per heavy atom. The van der Waals surface area contributed by atoms with Crippen molar-refractivity contribution in [1.82, 2.24) is 9.38 Å². The molecule has 0 atom stereocenters. The summed E-state index contributed by atoms with van der Waals surface area (Å²) in [5.41, 5.74) is 2.56. The van der Waals surface area contributed by atoms with Crippen LogP contribution in [0.5, 0.6) is 0 Å². The minimum Gasteiger partial charge on any atom is -0.463 e. The number of pyridine rings is 1. The summed E-state index contributed by atoms with van der Waals surface area (Å²) in [6.45, 7) is 1.52. The van der Waals surface area contributed by atoms with Crippen LogP contribution in [0.15, 0.2) is 81.7 Å². The molecule has 0 spiro atoms. The predicted molar refractivity (Wildman–Crippen MR) is 93.5 cm³/mol. The molecule has 0 fully saturated rings. The number of imidazole rings is 1. The molecule has 4 rings (SSSR count). The maximum Gasteiger partial charge on any atom is 0.190 e. The van der Waals surface area contributed by atoms with Gasteiger partial charge < -0.3 is 4.42 Å². The standard InChI is InChI=1S/C19H14N4O2/c1-13(24)14-6-4-7-15(12-14)21-22-19-18(16-8-5-11-25-16)20-17-9-2-3-10-23(17)19/h2-12H,1H3. The Labute approximate surface area is 143 Å². The summed E-state index contributed by atoms with van der Waals surface area (Å²) < 4.78 is 7.31. The molecule has 0 aliphatic heterocycles. The van der Waals surface area contributed by atoms with Crippen molar-refractivity contribution in [3.63, 3.8) is 0 Å². The van der Waals surface area contributed by atoms with Gasteiger partial charge in [-0.25, -0.2) is 4.98 Å². The fraction of sp³-hybridized carbons (Fsp3) is 0.0526. The van der Waals surface area contributed by atoms with Crippen molar-refractivity contribution in [2.45, 2.75) is 6.92 Å². The van der Waals surface area contributed by atoms with Crippen LogP contribution in [0.1, 0.15) is 17.3 Å². The van der Waals surface area contributed by atoms with E-state index < -0.39 is 0 Å². The molecule has 0 amide bonds. The van der Waals surface area contributed by atoms with Crippen LogP contribution in [0.4, 0.5) is 11.5 Å². The lowest BCUT2D eigenvalue weighted by Gasteiger charge is -1.98. The van der Waals surface area contributed by atoms with Gasteiger partial charge in [0.1, 0.15) is 5.65 Å². The number of benzene rings is 1. The van der Waals surface area contributed by atoms with E-state index >= 15 is 0 Å². The number of hydrogen-bond acceptors (Lipinski definition) is 5. The largest absolute Gasteiger partial charge is 0.463 e. The Morgan fingerprint density at radius 3 is 2.80 bits per heavy atom. The zero-order valence-corrected chi connectivity index (χ0v) is 13.5. The van der Waals surface area contributed by atoms with Crippen molar-refractivity contribution < 1.29 is 9.21 Å². The van der Waals surface area contributed by atoms with Crippen LogP contribution in [0, 0.1) is 0 Å². The average molecular weight is 330 g/mol. The minimum absolute atomic E-state index is 0.0110. The highest BCUT2D eigenvalue weighted by molar-refractivity contribution is 5.94. The summed E-state index contributed by atoms with van der Waals surface area (Å²) in [4.78, 5) is 16.1. The molecule has 3 aromatic heterocycles. The number of hydrogen-bond donors (Lipinski definition) is 0. The van der Waals surface area contributed by atoms with Gasteiger partial charge in [0, 0.05) is 11.8 Å². The summed E-state index contributed by atoms with van der Waals surface area (Å²) in [7, 11) is 0. The molecule has 122 valence electrons. The molecule has 4 aromatic rings. The second-order valence-corrected chi connectivity index (χ2v) is 5.50. The van der Waals surface area contributed by atoms with E-state index in [9.17, 15) is 4.79 Å². The van der Waals surface area contributed by atoms with Crippen LogP contribution in [0.3, 0.4) is 0 Å². The summed E-state index contributed by atoms with van der Waals surface area (Å²) in [6.07, 6.45) is 3.46. The van der Waals surface area contributed by atoms with E-state index in [1.807, 2.05) is 34.9 Å².